The maximum Gasteiger partial charge on any atom is 0.350 e. The van der Waals surface area contributed by atoms with Crippen LogP contribution < -0.4 is 5.32 Å². The maximum atomic E-state index is 10.9. The molecule has 2 aromatic heterocycles. The number of pyridine rings is 1. The van der Waals surface area contributed by atoms with E-state index in [1.807, 2.05) is 6.07 Å². The highest BCUT2D eigenvalue weighted by Crippen LogP contribution is 2.33. The van der Waals surface area contributed by atoms with Crippen LogP contribution in [0.5, 0.6) is 0 Å². The highest BCUT2D eigenvalue weighted by atomic mass is 35.5. The van der Waals surface area contributed by atoms with Gasteiger partial charge in [0.05, 0.1) is 5.02 Å². The Labute approximate surface area is 113 Å². The zero-order chi connectivity index (χ0) is 13.6. The summed E-state index contributed by atoms with van der Waals surface area (Å²) in [7, 11) is 1.64. The molecule has 2 aromatic rings. The normalized spacial score (nSPS) is 24.1. The largest absolute Gasteiger partial charge is 0.478 e. The number of aromatic nitrogens is 2. The van der Waals surface area contributed by atoms with Crippen LogP contribution in [0.4, 0.5) is 0 Å². The molecule has 0 aliphatic carbocycles. The van der Waals surface area contributed by atoms with Gasteiger partial charge < -0.3 is 10.1 Å². The van der Waals surface area contributed by atoms with Gasteiger partial charge in [-0.1, -0.05) is 11.6 Å². The van der Waals surface area contributed by atoms with Crippen LogP contribution in [0.1, 0.15) is 11.7 Å². The number of H-pyrrole nitrogens is 1. The lowest BCUT2D eigenvalue weighted by Crippen LogP contribution is -2.33. The second kappa shape index (κ2) is 4.46. The molecule has 1 aliphatic heterocycles. The fourth-order valence-electron chi connectivity index (χ4n) is 2.09. The lowest BCUT2D eigenvalue weighted by Gasteiger charge is -2.17. The first-order valence-electron chi connectivity index (χ1n) is 5.58. The van der Waals surface area contributed by atoms with Crippen molar-refractivity contribution in [3.8, 4) is 0 Å². The summed E-state index contributed by atoms with van der Waals surface area (Å²) >= 11 is 6.33. The van der Waals surface area contributed by atoms with Gasteiger partial charge in [0, 0.05) is 30.4 Å². The van der Waals surface area contributed by atoms with Crippen LogP contribution >= 0.6 is 11.6 Å². The van der Waals surface area contributed by atoms with Gasteiger partial charge in [0.25, 0.3) is 0 Å². The number of nitrogens with one attached hydrogen (secondary N) is 2. The first-order valence-corrected chi connectivity index (χ1v) is 5.95. The number of aromatic amines is 1. The minimum Gasteiger partial charge on any atom is -0.478 e. The first-order chi connectivity index (χ1) is 9.08. The van der Waals surface area contributed by atoms with Crippen LogP contribution in [-0.2, 0) is 9.63 Å². The third kappa shape index (κ3) is 1.96. The molecule has 3 N–H and O–H groups in total. The Balaban J connectivity index is 2.00. The van der Waals surface area contributed by atoms with Gasteiger partial charge in [-0.05, 0) is 6.07 Å². The summed E-state index contributed by atoms with van der Waals surface area (Å²) in [5.41, 5.74) is 1.35. The van der Waals surface area contributed by atoms with E-state index >= 15 is 0 Å². The Bertz CT molecular complexity index is 644. The average molecular weight is 283 g/mol. The summed E-state index contributed by atoms with van der Waals surface area (Å²) in [5.74, 6) is -1.08. The van der Waals surface area contributed by atoms with Crippen LogP contribution in [0.2, 0.25) is 5.02 Å². The van der Waals surface area contributed by atoms with Crippen molar-refractivity contribution in [1.82, 2.24) is 20.3 Å². The van der Waals surface area contributed by atoms with E-state index in [4.69, 9.17) is 21.5 Å². The predicted molar refractivity (Wildman–Crippen MR) is 67.3 cm³/mol. The number of hydrogen-bond donors (Lipinski definition) is 3. The van der Waals surface area contributed by atoms with Crippen molar-refractivity contribution in [3.63, 3.8) is 0 Å². The van der Waals surface area contributed by atoms with Gasteiger partial charge in [-0.25, -0.2) is 9.78 Å². The van der Waals surface area contributed by atoms with Crippen LogP contribution in [0.15, 0.2) is 18.5 Å². The molecule has 3 heterocycles. The Hall–Kier alpha value is -1.67. The van der Waals surface area contributed by atoms with Gasteiger partial charge >= 0.3 is 5.97 Å². The quantitative estimate of drug-likeness (QED) is 0.764. The predicted octanol–water partition coefficient (Wildman–Crippen LogP) is 1.09. The molecular weight excluding hydrogens is 272 g/mol. The lowest BCUT2D eigenvalue weighted by atomic mass is 10.2. The molecule has 2 atom stereocenters. The zero-order valence-corrected chi connectivity index (χ0v) is 10.7. The number of carboxylic acid groups (broad SMARTS) is 1. The van der Waals surface area contributed by atoms with Gasteiger partial charge in [0.2, 0.25) is 6.23 Å². The number of hydrogen-bond acceptors (Lipinski definition) is 5. The topological polar surface area (TPSA) is 90.5 Å². The molecule has 0 bridgehead atoms. The van der Waals surface area contributed by atoms with E-state index in [-0.39, 0.29) is 0 Å². The van der Waals surface area contributed by atoms with Crippen LogP contribution in [0.3, 0.4) is 0 Å². The molecule has 100 valence electrons. The van der Waals surface area contributed by atoms with Crippen molar-refractivity contribution >= 4 is 28.6 Å². The number of halogens is 1. The Morgan fingerprint density at radius 1 is 1.63 bits per heavy atom. The van der Waals surface area contributed by atoms with E-state index in [2.05, 4.69) is 15.3 Å². The summed E-state index contributed by atoms with van der Waals surface area (Å²) in [4.78, 5) is 23.3. The molecule has 19 heavy (non-hydrogen) atoms. The fourth-order valence-corrected chi connectivity index (χ4v) is 2.39. The molecule has 8 heteroatoms. The molecule has 3 rings (SSSR count). The number of nitrogens with zero attached hydrogens (tertiary/aromatic N) is 2. The minimum absolute atomic E-state index is 0.458. The number of aliphatic carboxylic acids is 1. The molecule has 0 aromatic carbocycles. The van der Waals surface area contributed by atoms with Gasteiger partial charge in [-0.3, -0.25) is 10.2 Å². The second-order valence-corrected chi connectivity index (χ2v) is 4.58. The second-order valence-electron chi connectivity index (χ2n) is 4.21. The minimum atomic E-state index is -1.09. The fraction of sp³-hybridized carbons (Fsp3) is 0.273. The Morgan fingerprint density at radius 3 is 3.11 bits per heavy atom. The highest BCUT2D eigenvalue weighted by molar-refractivity contribution is 6.36. The number of carbonyl (C=O) groups is 1. The van der Waals surface area contributed by atoms with Crippen molar-refractivity contribution in [2.45, 2.75) is 12.4 Å². The molecule has 0 saturated carbocycles. The van der Waals surface area contributed by atoms with E-state index in [1.54, 1.807) is 19.4 Å². The summed E-state index contributed by atoms with van der Waals surface area (Å²) in [6.07, 6.45) is 1.80. The van der Waals surface area contributed by atoms with Gasteiger partial charge in [-0.15, -0.1) is 0 Å². The molecular formula is C11H11ClN4O3. The van der Waals surface area contributed by atoms with Crippen molar-refractivity contribution < 1.29 is 14.7 Å². The molecule has 0 spiro atoms. The number of carboxylic acids is 1. The number of hydroxylamine groups is 2. The molecule has 1 saturated heterocycles. The van der Waals surface area contributed by atoms with Crippen LogP contribution in [-0.4, -0.2) is 39.4 Å². The summed E-state index contributed by atoms with van der Waals surface area (Å²) in [6.45, 7) is 0. The first kappa shape index (κ1) is 12.4. The highest BCUT2D eigenvalue weighted by Gasteiger charge is 2.37. The average Bonchev–Trinajstić information content (AvgIpc) is 2.97. The van der Waals surface area contributed by atoms with Crippen molar-refractivity contribution in [3.05, 3.63) is 29.0 Å². The third-order valence-electron chi connectivity index (χ3n) is 3.01. The zero-order valence-electron chi connectivity index (χ0n) is 9.92. The van der Waals surface area contributed by atoms with Gasteiger partial charge in [0.1, 0.15) is 11.8 Å². The molecule has 1 aliphatic rings. The van der Waals surface area contributed by atoms with Crippen molar-refractivity contribution in [1.29, 1.82) is 0 Å². The monoisotopic (exact) mass is 282 g/mol. The molecule has 1 fully saturated rings. The van der Waals surface area contributed by atoms with E-state index in [0.29, 0.717) is 16.2 Å². The summed E-state index contributed by atoms with van der Waals surface area (Å²) < 4.78 is 0. The summed E-state index contributed by atoms with van der Waals surface area (Å²) in [6, 6.07) is 1.82. The van der Waals surface area contributed by atoms with Crippen molar-refractivity contribution in [2.75, 3.05) is 7.05 Å². The number of fused-ring (bicyclic) bond motifs is 1. The third-order valence-corrected chi connectivity index (χ3v) is 3.43. The van der Waals surface area contributed by atoms with E-state index in [9.17, 15) is 4.79 Å². The van der Waals surface area contributed by atoms with Crippen molar-refractivity contribution in [2.24, 2.45) is 0 Å². The number of rotatable bonds is 2. The molecule has 0 radical (unpaired) electrons. The lowest BCUT2D eigenvalue weighted by molar-refractivity contribution is -0.177. The Kier molecular flexibility index (Phi) is 2.90. The Morgan fingerprint density at radius 2 is 2.42 bits per heavy atom. The molecule has 7 nitrogen and oxygen atoms in total. The van der Waals surface area contributed by atoms with E-state index in [1.165, 1.54) is 5.06 Å². The maximum absolute atomic E-state index is 10.9. The van der Waals surface area contributed by atoms with Gasteiger partial charge in [-0.2, -0.15) is 5.06 Å². The summed E-state index contributed by atoms with van der Waals surface area (Å²) in [5, 5.41) is 14.5. The smallest absolute Gasteiger partial charge is 0.350 e. The molecule has 2 unspecified atom stereocenters. The molecule has 0 amide bonds. The van der Waals surface area contributed by atoms with E-state index < -0.39 is 18.4 Å². The van der Waals surface area contributed by atoms with E-state index in [0.717, 1.165) is 5.39 Å². The van der Waals surface area contributed by atoms with Gasteiger partial charge in [0.15, 0.2) is 0 Å². The van der Waals surface area contributed by atoms with Crippen LogP contribution in [0, 0.1) is 0 Å². The SMILES string of the molecule is CN1OC(C(=O)O)NC1c1cnc2[nH]ccc2c1Cl. The standard InChI is InChI=1S/C11H11ClN4O3/c1-16-9(15-10(19-16)11(17)18)6-4-14-8-5(7(6)12)2-3-13-8/h2-4,9-10,15H,1H3,(H,13,14)(H,17,18). The van der Waals surface area contributed by atoms with Crippen LogP contribution in [0.25, 0.3) is 11.0 Å².